The number of nitrogens with two attached hydrogens (primary N) is 1. The Balaban J connectivity index is 2.42. The van der Waals surface area contributed by atoms with Gasteiger partial charge in [-0.05, 0) is 39.0 Å². The second-order valence-corrected chi connectivity index (χ2v) is 6.27. The number of ether oxygens (including phenoxy) is 2. The molecule has 0 atom stereocenters. The van der Waals surface area contributed by atoms with E-state index in [1.54, 1.807) is 24.3 Å². The van der Waals surface area contributed by atoms with Crippen molar-refractivity contribution in [3.63, 3.8) is 0 Å². The van der Waals surface area contributed by atoms with Crippen molar-refractivity contribution < 1.29 is 14.3 Å². The summed E-state index contributed by atoms with van der Waals surface area (Å²) in [6.07, 6.45) is 1.44. The smallest absolute Gasteiger partial charge is 0.345 e. The van der Waals surface area contributed by atoms with Crippen molar-refractivity contribution in [2.45, 2.75) is 26.9 Å². The van der Waals surface area contributed by atoms with E-state index in [4.69, 9.17) is 15.2 Å². The van der Waals surface area contributed by atoms with E-state index in [0.717, 1.165) is 5.69 Å². The Labute approximate surface area is 155 Å². The molecule has 0 bridgehead atoms. The predicted octanol–water partition coefficient (Wildman–Crippen LogP) is 2.25. The lowest BCUT2D eigenvalue weighted by molar-refractivity contribution is 0.0600. The van der Waals surface area contributed by atoms with Gasteiger partial charge in [0.1, 0.15) is 5.56 Å². The highest BCUT2D eigenvalue weighted by Gasteiger charge is 2.23. The summed E-state index contributed by atoms with van der Waals surface area (Å²) < 4.78 is 11.7. The largest absolute Gasteiger partial charge is 0.475 e. The van der Waals surface area contributed by atoms with Crippen LogP contribution in [0.3, 0.4) is 0 Å². The molecule has 0 aliphatic rings. The highest BCUT2D eigenvalue weighted by atomic mass is 16.5. The fourth-order valence-electron chi connectivity index (χ4n) is 2.71. The Kier molecular flexibility index (Phi) is 4.81. The maximum absolute atomic E-state index is 13.1. The van der Waals surface area contributed by atoms with Gasteiger partial charge >= 0.3 is 5.97 Å². The van der Waals surface area contributed by atoms with Gasteiger partial charge in [0.25, 0.3) is 5.56 Å². The molecule has 3 aromatic rings. The van der Waals surface area contributed by atoms with Gasteiger partial charge in [0.05, 0.1) is 30.8 Å². The van der Waals surface area contributed by atoms with Gasteiger partial charge in [-0.25, -0.2) is 4.79 Å². The Morgan fingerprint density at radius 3 is 2.56 bits per heavy atom. The molecular weight excluding hydrogens is 348 g/mol. The third kappa shape index (κ3) is 3.33. The molecule has 0 unspecified atom stereocenters. The molecule has 0 amide bonds. The molecule has 3 rings (SSSR count). The number of esters is 1. The minimum absolute atomic E-state index is 0.0155. The van der Waals surface area contributed by atoms with Gasteiger partial charge in [-0.3, -0.25) is 14.3 Å². The first-order valence-electron chi connectivity index (χ1n) is 8.36. The van der Waals surface area contributed by atoms with Crippen molar-refractivity contribution in [1.82, 2.24) is 14.5 Å². The molecule has 27 heavy (non-hydrogen) atoms. The third-order valence-electron chi connectivity index (χ3n) is 3.94. The standard InChI is InChI=1S/C19H20N4O4/c1-10(2)27-14-8-7-13-16(20)15(19(25)26-4)18(24)23(17(13)22-14)12-6-5-11(3)21-9-12/h5-10H,20H2,1-4H3. The lowest BCUT2D eigenvalue weighted by Gasteiger charge is -2.16. The van der Waals surface area contributed by atoms with E-state index in [1.807, 2.05) is 20.8 Å². The zero-order valence-corrected chi connectivity index (χ0v) is 15.5. The first-order chi connectivity index (χ1) is 12.8. The van der Waals surface area contributed by atoms with E-state index in [2.05, 4.69) is 9.97 Å². The number of aromatic nitrogens is 3. The summed E-state index contributed by atoms with van der Waals surface area (Å²) in [6, 6.07) is 6.79. The Morgan fingerprint density at radius 1 is 1.22 bits per heavy atom. The zero-order valence-electron chi connectivity index (χ0n) is 15.5. The van der Waals surface area contributed by atoms with Crippen molar-refractivity contribution in [3.05, 3.63) is 52.1 Å². The van der Waals surface area contributed by atoms with E-state index in [-0.39, 0.29) is 23.0 Å². The first kappa shape index (κ1) is 18.4. The number of pyridine rings is 3. The van der Waals surface area contributed by atoms with Gasteiger partial charge in [0.15, 0.2) is 5.65 Å². The second kappa shape index (κ2) is 7.06. The molecule has 0 aliphatic carbocycles. The molecule has 3 heterocycles. The Morgan fingerprint density at radius 2 is 1.96 bits per heavy atom. The molecule has 2 N–H and O–H groups in total. The summed E-state index contributed by atoms with van der Waals surface area (Å²) in [7, 11) is 1.20. The summed E-state index contributed by atoms with van der Waals surface area (Å²) in [5.74, 6) is -0.466. The van der Waals surface area contributed by atoms with E-state index >= 15 is 0 Å². The number of fused-ring (bicyclic) bond motifs is 1. The number of hydrogen-bond donors (Lipinski definition) is 1. The summed E-state index contributed by atoms with van der Waals surface area (Å²) >= 11 is 0. The predicted molar refractivity (Wildman–Crippen MR) is 101 cm³/mol. The van der Waals surface area contributed by atoms with Crippen LogP contribution in [-0.2, 0) is 4.74 Å². The van der Waals surface area contributed by atoms with E-state index in [1.165, 1.54) is 17.9 Å². The van der Waals surface area contributed by atoms with E-state index < -0.39 is 11.5 Å². The molecule has 0 spiro atoms. The van der Waals surface area contributed by atoms with Crippen molar-refractivity contribution in [1.29, 1.82) is 0 Å². The van der Waals surface area contributed by atoms with E-state index in [9.17, 15) is 9.59 Å². The van der Waals surface area contributed by atoms with Gasteiger partial charge in [-0.15, -0.1) is 0 Å². The minimum atomic E-state index is -0.810. The van der Waals surface area contributed by atoms with Gasteiger partial charge in [0, 0.05) is 17.1 Å². The molecule has 0 saturated heterocycles. The number of hydrogen-bond acceptors (Lipinski definition) is 7. The molecule has 8 heteroatoms. The minimum Gasteiger partial charge on any atom is -0.475 e. The fourth-order valence-corrected chi connectivity index (χ4v) is 2.71. The first-order valence-corrected chi connectivity index (χ1v) is 8.36. The van der Waals surface area contributed by atoms with Crippen molar-refractivity contribution in [2.75, 3.05) is 12.8 Å². The van der Waals surface area contributed by atoms with Gasteiger partial charge in [-0.1, -0.05) is 0 Å². The van der Waals surface area contributed by atoms with Crippen LogP contribution in [0.2, 0.25) is 0 Å². The van der Waals surface area contributed by atoms with Crippen LogP contribution < -0.4 is 16.0 Å². The number of carbonyl (C=O) groups is 1. The average Bonchev–Trinajstić information content (AvgIpc) is 2.62. The quantitative estimate of drug-likeness (QED) is 0.703. The summed E-state index contributed by atoms with van der Waals surface area (Å²) in [5.41, 5.74) is 6.76. The van der Waals surface area contributed by atoms with Crippen molar-refractivity contribution >= 4 is 22.7 Å². The Bertz CT molecular complexity index is 1070. The molecule has 8 nitrogen and oxygen atoms in total. The van der Waals surface area contributed by atoms with Crippen LogP contribution in [0.25, 0.3) is 16.7 Å². The number of aryl methyl sites for hydroxylation is 1. The van der Waals surface area contributed by atoms with Crippen LogP contribution in [0.5, 0.6) is 5.88 Å². The monoisotopic (exact) mass is 368 g/mol. The summed E-state index contributed by atoms with van der Waals surface area (Å²) in [5, 5.41) is 0.437. The maximum atomic E-state index is 13.1. The molecule has 0 aliphatic heterocycles. The van der Waals surface area contributed by atoms with Crippen LogP contribution >= 0.6 is 0 Å². The number of nitrogens with zero attached hydrogens (tertiary/aromatic N) is 3. The van der Waals surface area contributed by atoms with Crippen molar-refractivity contribution in [3.8, 4) is 11.6 Å². The topological polar surface area (TPSA) is 109 Å². The normalized spacial score (nSPS) is 11.0. The average molecular weight is 368 g/mol. The Hall–Kier alpha value is -3.42. The lowest BCUT2D eigenvalue weighted by Crippen LogP contribution is -2.29. The van der Waals surface area contributed by atoms with Crippen molar-refractivity contribution in [2.24, 2.45) is 0 Å². The fraction of sp³-hybridized carbons (Fsp3) is 0.263. The van der Waals surface area contributed by atoms with Crippen LogP contribution in [0.1, 0.15) is 29.9 Å². The number of rotatable bonds is 4. The van der Waals surface area contributed by atoms with Gasteiger partial charge < -0.3 is 15.2 Å². The zero-order chi connectivity index (χ0) is 19.7. The van der Waals surface area contributed by atoms with Gasteiger partial charge in [-0.2, -0.15) is 4.98 Å². The van der Waals surface area contributed by atoms with Crippen LogP contribution in [0.4, 0.5) is 5.69 Å². The highest BCUT2D eigenvalue weighted by molar-refractivity contribution is 6.03. The molecule has 3 aromatic heterocycles. The second-order valence-electron chi connectivity index (χ2n) is 6.27. The molecule has 0 saturated carbocycles. The lowest BCUT2D eigenvalue weighted by atomic mass is 10.1. The molecule has 0 radical (unpaired) electrons. The SMILES string of the molecule is COC(=O)c1c(N)c2ccc(OC(C)C)nc2n(-c2ccc(C)nc2)c1=O. The molecule has 0 aromatic carbocycles. The number of anilines is 1. The highest BCUT2D eigenvalue weighted by Crippen LogP contribution is 2.26. The molecule has 140 valence electrons. The number of nitrogen functional groups attached to an aromatic ring is 1. The van der Waals surface area contributed by atoms with Crippen LogP contribution in [-0.4, -0.2) is 33.7 Å². The number of carbonyl (C=O) groups excluding carboxylic acids is 1. The van der Waals surface area contributed by atoms with Crippen LogP contribution in [0, 0.1) is 6.92 Å². The maximum Gasteiger partial charge on any atom is 0.345 e. The summed E-state index contributed by atoms with van der Waals surface area (Å²) in [4.78, 5) is 33.9. The summed E-state index contributed by atoms with van der Waals surface area (Å²) in [6.45, 7) is 5.58. The van der Waals surface area contributed by atoms with Crippen LogP contribution in [0.15, 0.2) is 35.3 Å². The van der Waals surface area contributed by atoms with Gasteiger partial charge in [0.2, 0.25) is 5.88 Å². The molecule has 0 fully saturated rings. The number of methoxy groups -OCH3 is 1. The van der Waals surface area contributed by atoms with E-state index in [0.29, 0.717) is 17.0 Å². The molecular formula is C19H20N4O4. The third-order valence-corrected chi connectivity index (χ3v) is 3.94.